The van der Waals surface area contributed by atoms with Gasteiger partial charge in [-0.25, -0.2) is 4.68 Å². The van der Waals surface area contributed by atoms with Gasteiger partial charge in [0.15, 0.2) is 0 Å². The molecule has 0 saturated carbocycles. The summed E-state index contributed by atoms with van der Waals surface area (Å²) in [6.07, 6.45) is 2.92. The average molecular weight is 259 g/mol. The quantitative estimate of drug-likeness (QED) is 0.880. The third kappa shape index (κ3) is 2.60. The standard InChI is InChI=1S/C12H13N5O2/c18-12(11-2-1-7-19-11)14-9-3-5-10(6-4-9)17-8-13-15-16-17/h3-6,8,11H,1-2,7H2,(H,14,18)/t11-/m1/s1. The van der Waals surface area contributed by atoms with Crippen LogP contribution in [0.4, 0.5) is 5.69 Å². The maximum atomic E-state index is 11.9. The predicted molar refractivity (Wildman–Crippen MR) is 66.8 cm³/mol. The number of tetrazole rings is 1. The van der Waals surface area contributed by atoms with Crippen LogP contribution < -0.4 is 5.32 Å². The van der Waals surface area contributed by atoms with Gasteiger partial charge >= 0.3 is 0 Å². The van der Waals surface area contributed by atoms with Crippen molar-refractivity contribution in [2.45, 2.75) is 18.9 Å². The van der Waals surface area contributed by atoms with Crippen LogP contribution in [0.2, 0.25) is 0 Å². The molecule has 1 fully saturated rings. The van der Waals surface area contributed by atoms with Crippen molar-refractivity contribution in [2.75, 3.05) is 11.9 Å². The highest BCUT2D eigenvalue weighted by atomic mass is 16.5. The van der Waals surface area contributed by atoms with Crippen molar-refractivity contribution in [3.8, 4) is 5.69 Å². The third-order valence-electron chi connectivity index (χ3n) is 2.97. The molecule has 7 heteroatoms. The van der Waals surface area contributed by atoms with Gasteiger partial charge in [-0.05, 0) is 47.5 Å². The summed E-state index contributed by atoms with van der Waals surface area (Å²) in [5.41, 5.74) is 1.57. The number of anilines is 1. The average Bonchev–Trinajstić information content (AvgIpc) is 3.13. The monoisotopic (exact) mass is 259 g/mol. The van der Waals surface area contributed by atoms with Gasteiger partial charge < -0.3 is 10.1 Å². The highest BCUT2D eigenvalue weighted by Crippen LogP contribution is 2.16. The maximum Gasteiger partial charge on any atom is 0.253 e. The van der Waals surface area contributed by atoms with Crippen LogP contribution >= 0.6 is 0 Å². The maximum absolute atomic E-state index is 11.9. The first-order valence-corrected chi connectivity index (χ1v) is 6.09. The molecule has 2 aromatic rings. The molecule has 1 atom stereocenters. The van der Waals surface area contributed by atoms with Crippen LogP contribution in [0.25, 0.3) is 5.69 Å². The van der Waals surface area contributed by atoms with Crippen LogP contribution in [0.3, 0.4) is 0 Å². The molecule has 2 heterocycles. The Morgan fingerprint density at radius 2 is 2.21 bits per heavy atom. The number of ether oxygens (including phenoxy) is 1. The molecule has 0 unspecified atom stereocenters. The van der Waals surface area contributed by atoms with Crippen LogP contribution in [-0.2, 0) is 9.53 Å². The molecule has 1 aliphatic rings. The topological polar surface area (TPSA) is 81.9 Å². The van der Waals surface area contributed by atoms with E-state index in [-0.39, 0.29) is 12.0 Å². The Bertz CT molecular complexity index is 546. The smallest absolute Gasteiger partial charge is 0.253 e. The van der Waals surface area contributed by atoms with Crippen LogP contribution in [-0.4, -0.2) is 38.8 Å². The van der Waals surface area contributed by atoms with E-state index in [4.69, 9.17) is 4.74 Å². The van der Waals surface area contributed by atoms with Gasteiger partial charge in [0.05, 0.1) is 5.69 Å². The first-order chi connectivity index (χ1) is 9.33. The van der Waals surface area contributed by atoms with Crippen molar-refractivity contribution in [1.29, 1.82) is 0 Å². The normalized spacial score (nSPS) is 18.4. The van der Waals surface area contributed by atoms with Gasteiger partial charge in [0.25, 0.3) is 5.91 Å². The first-order valence-electron chi connectivity index (χ1n) is 6.09. The van der Waals surface area contributed by atoms with Crippen LogP contribution in [0.1, 0.15) is 12.8 Å². The van der Waals surface area contributed by atoms with Crippen LogP contribution in [0.5, 0.6) is 0 Å². The number of nitrogens with one attached hydrogen (secondary N) is 1. The molecule has 19 heavy (non-hydrogen) atoms. The largest absolute Gasteiger partial charge is 0.368 e. The molecule has 0 radical (unpaired) electrons. The zero-order chi connectivity index (χ0) is 13.1. The van der Waals surface area contributed by atoms with E-state index in [1.54, 1.807) is 4.68 Å². The molecular weight excluding hydrogens is 246 g/mol. The molecular formula is C12H13N5O2. The molecule has 1 aliphatic heterocycles. The number of hydrogen-bond acceptors (Lipinski definition) is 5. The minimum absolute atomic E-state index is 0.0901. The van der Waals surface area contributed by atoms with E-state index in [1.807, 2.05) is 24.3 Å². The van der Waals surface area contributed by atoms with Gasteiger partial charge in [-0.2, -0.15) is 0 Å². The Morgan fingerprint density at radius 3 is 2.84 bits per heavy atom. The molecule has 98 valence electrons. The Morgan fingerprint density at radius 1 is 1.37 bits per heavy atom. The van der Waals surface area contributed by atoms with E-state index in [2.05, 4.69) is 20.8 Å². The molecule has 1 aromatic carbocycles. The zero-order valence-electron chi connectivity index (χ0n) is 10.2. The number of nitrogens with zero attached hydrogens (tertiary/aromatic N) is 4. The first kappa shape index (κ1) is 11.8. The van der Waals surface area contributed by atoms with E-state index in [1.165, 1.54) is 6.33 Å². The fourth-order valence-corrected chi connectivity index (χ4v) is 1.98. The Labute approximate surface area is 109 Å². The number of carbonyl (C=O) groups excluding carboxylic acids is 1. The lowest BCUT2D eigenvalue weighted by molar-refractivity contribution is -0.124. The Balaban J connectivity index is 1.67. The van der Waals surface area contributed by atoms with Crippen molar-refractivity contribution >= 4 is 11.6 Å². The number of carbonyl (C=O) groups is 1. The second kappa shape index (κ2) is 5.15. The lowest BCUT2D eigenvalue weighted by Gasteiger charge is -2.10. The number of amides is 1. The van der Waals surface area contributed by atoms with Gasteiger partial charge in [-0.1, -0.05) is 0 Å². The molecule has 0 aliphatic carbocycles. The van der Waals surface area contributed by atoms with Gasteiger partial charge in [-0.15, -0.1) is 5.10 Å². The van der Waals surface area contributed by atoms with Crippen molar-refractivity contribution in [1.82, 2.24) is 20.2 Å². The summed E-state index contributed by atoms with van der Waals surface area (Å²) in [6, 6.07) is 7.29. The van der Waals surface area contributed by atoms with Crippen molar-refractivity contribution in [3.05, 3.63) is 30.6 Å². The van der Waals surface area contributed by atoms with Crippen molar-refractivity contribution in [3.63, 3.8) is 0 Å². The molecule has 1 aromatic heterocycles. The zero-order valence-corrected chi connectivity index (χ0v) is 10.2. The van der Waals surface area contributed by atoms with Gasteiger partial charge in [0.1, 0.15) is 12.4 Å². The summed E-state index contributed by atoms with van der Waals surface area (Å²) in [5, 5.41) is 13.8. The summed E-state index contributed by atoms with van der Waals surface area (Å²) < 4.78 is 6.87. The van der Waals surface area contributed by atoms with Crippen LogP contribution in [0, 0.1) is 0 Å². The van der Waals surface area contributed by atoms with Gasteiger partial charge in [-0.3, -0.25) is 4.79 Å². The second-order valence-electron chi connectivity index (χ2n) is 4.29. The van der Waals surface area contributed by atoms with E-state index in [0.29, 0.717) is 6.61 Å². The number of benzene rings is 1. The van der Waals surface area contributed by atoms with Crippen molar-refractivity contribution in [2.24, 2.45) is 0 Å². The minimum Gasteiger partial charge on any atom is -0.368 e. The highest BCUT2D eigenvalue weighted by Gasteiger charge is 2.23. The minimum atomic E-state index is -0.320. The van der Waals surface area contributed by atoms with E-state index >= 15 is 0 Å². The lowest BCUT2D eigenvalue weighted by Crippen LogP contribution is -2.26. The Kier molecular flexibility index (Phi) is 3.20. The molecule has 1 amide bonds. The molecule has 1 N–H and O–H groups in total. The lowest BCUT2D eigenvalue weighted by atomic mass is 10.2. The van der Waals surface area contributed by atoms with Crippen molar-refractivity contribution < 1.29 is 9.53 Å². The van der Waals surface area contributed by atoms with E-state index in [9.17, 15) is 4.79 Å². The fourth-order valence-electron chi connectivity index (χ4n) is 1.98. The molecule has 3 rings (SSSR count). The summed E-state index contributed by atoms with van der Waals surface area (Å²) in [6.45, 7) is 0.663. The van der Waals surface area contributed by atoms with Gasteiger partial charge in [0, 0.05) is 12.3 Å². The summed E-state index contributed by atoms with van der Waals surface area (Å²) in [7, 11) is 0. The molecule has 0 spiro atoms. The van der Waals surface area contributed by atoms with E-state index < -0.39 is 0 Å². The van der Waals surface area contributed by atoms with E-state index in [0.717, 1.165) is 24.2 Å². The fraction of sp³-hybridized carbons (Fsp3) is 0.333. The SMILES string of the molecule is O=C(Nc1ccc(-n2cnnn2)cc1)[C@H]1CCCO1. The summed E-state index contributed by atoms with van der Waals surface area (Å²) in [5.74, 6) is -0.0901. The second-order valence-corrected chi connectivity index (χ2v) is 4.29. The number of rotatable bonds is 3. The summed E-state index contributed by atoms with van der Waals surface area (Å²) >= 11 is 0. The summed E-state index contributed by atoms with van der Waals surface area (Å²) in [4.78, 5) is 11.9. The number of aromatic nitrogens is 4. The molecule has 7 nitrogen and oxygen atoms in total. The molecule has 1 saturated heterocycles. The van der Waals surface area contributed by atoms with Crippen LogP contribution in [0.15, 0.2) is 30.6 Å². The third-order valence-corrected chi connectivity index (χ3v) is 2.97. The molecule has 0 bridgehead atoms. The Hall–Kier alpha value is -2.28. The highest BCUT2D eigenvalue weighted by molar-refractivity contribution is 5.94. The van der Waals surface area contributed by atoms with Gasteiger partial charge in [0.2, 0.25) is 0 Å². The predicted octanol–water partition coefficient (Wildman–Crippen LogP) is 0.780. The number of hydrogen-bond donors (Lipinski definition) is 1.